The largest absolute Gasteiger partial charge is 0.497 e. The molecule has 2 aromatic carbocycles. The second kappa shape index (κ2) is 8.02. The van der Waals surface area contributed by atoms with Gasteiger partial charge in [-0.15, -0.1) is 0 Å². The molecule has 0 spiro atoms. The first-order valence-corrected chi connectivity index (χ1v) is 9.72. The highest BCUT2D eigenvalue weighted by Gasteiger charge is 2.26. The van der Waals surface area contributed by atoms with Gasteiger partial charge >= 0.3 is 5.69 Å². The van der Waals surface area contributed by atoms with Crippen LogP contribution in [0.2, 0.25) is 0 Å². The number of methoxy groups -OCH3 is 1. The molecule has 0 aliphatic carbocycles. The fraction of sp³-hybridized carbons (Fsp3) is 0.364. The molecule has 0 bridgehead atoms. The number of aromatic amines is 1. The average Bonchev–Trinajstić information content (AvgIpc) is 3.15. The lowest BCUT2D eigenvalue weighted by molar-refractivity contribution is 0.0816. The number of hydrogen-bond acceptors (Lipinski definition) is 4. The van der Waals surface area contributed by atoms with E-state index in [0.29, 0.717) is 6.54 Å². The minimum Gasteiger partial charge on any atom is -0.497 e. The molecule has 0 amide bonds. The van der Waals surface area contributed by atoms with Crippen LogP contribution in [0, 0.1) is 5.92 Å². The van der Waals surface area contributed by atoms with Crippen molar-refractivity contribution < 1.29 is 9.53 Å². The summed E-state index contributed by atoms with van der Waals surface area (Å²) in [5, 5.41) is 2.12. The van der Waals surface area contributed by atoms with Gasteiger partial charge in [0.15, 0.2) is 5.78 Å². The average molecular weight is 379 g/mol. The maximum atomic E-state index is 13.1. The van der Waals surface area contributed by atoms with Gasteiger partial charge in [0.05, 0.1) is 7.11 Å². The molecule has 6 heteroatoms. The van der Waals surface area contributed by atoms with Gasteiger partial charge in [0.2, 0.25) is 0 Å². The number of rotatable bonds is 6. The highest BCUT2D eigenvalue weighted by Crippen LogP contribution is 2.25. The molecule has 3 aromatic rings. The van der Waals surface area contributed by atoms with E-state index >= 15 is 0 Å². The first kappa shape index (κ1) is 18.5. The van der Waals surface area contributed by atoms with Gasteiger partial charge in [-0.3, -0.25) is 9.36 Å². The molecule has 1 aliphatic rings. The number of carbonyl (C=O) groups excluding carboxylic acids is 1. The van der Waals surface area contributed by atoms with Crippen LogP contribution >= 0.6 is 0 Å². The van der Waals surface area contributed by atoms with Crippen molar-refractivity contribution in [3.8, 4) is 5.75 Å². The zero-order valence-electron chi connectivity index (χ0n) is 16.1. The van der Waals surface area contributed by atoms with Crippen molar-refractivity contribution in [2.24, 2.45) is 5.92 Å². The number of ether oxygens (including phenoxy) is 1. The van der Waals surface area contributed by atoms with Crippen LogP contribution in [0.4, 0.5) is 0 Å². The van der Waals surface area contributed by atoms with Gasteiger partial charge in [-0.2, -0.15) is 0 Å². The van der Waals surface area contributed by atoms with E-state index in [9.17, 15) is 9.59 Å². The minimum atomic E-state index is -0.0857. The lowest BCUT2D eigenvalue weighted by atomic mass is 9.89. The van der Waals surface area contributed by atoms with Gasteiger partial charge in [-0.05, 0) is 48.4 Å². The second-order valence-corrected chi connectivity index (χ2v) is 7.39. The SMILES string of the molecule is COc1ccc2cc(C(=O)[C@H]3CCCN(CCn4cc[nH]c4=O)C3)ccc2c1. The van der Waals surface area contributed by atoms with Gasteiger partial charge in [-0.1, -0.05) is 18.2 Å². The van der Waals surface area contributed by atoms with Crippen LogP contribution in [0.5, 0.6) is 5.75 Å². The first-order chi connectivity index (χ1) is 13.6. The number of hydrogen-bond donors (Lipinski definition) is 1. The number of piperidine rings is 1. The zero-order valence-corrected chi connectivity index (χ0v) is 16.1. The summed E-state index contributed by atoms with van der Waals surface area (Å²) in [5.74, 6) is 1.03. The third kappa shape index (κ3) is 3.87. The van der Waals surface area contributed by atoms with Crippen molar-refractivity contribution in [3.63, 3.8) is 0 Å². The molecule has 1 saturated heterocycles. The molecular weight excluding hydrogens is 354 g/mol. The Morgan fingerprint density at radius 2 is 2.00 bits per heavy atom. The number of fused-ring (bicyclic) bond motifs is 1. The summed E-state index contributed by atoms with van der Waals surface area (Å²) < 4.78 is 6.94. The maximum absolute atomic E-state index is 13.1. The number of benzene rings is 2. The van der Waals surface area contributed by atoms with Crippen molar-refractivity contribution in [1.82, 2.24) is 14.5 Å². The summed E-state index contributed by atoms with van der Waals surface area (Å²) in [6.45, 7) is 3.14. The van der Waals surface area contributed by atoms with Crippen molar-refractivity contribution in [1.29, 1.82) is 0 Å². The lowest BCUT2D eigenvalue weighted by Crippen LogP contribution is -2.40. The standard InChI is InChI=1S/C22H25N3O3/c1-28-20-7-6-16-13-18(5-4-17(16)14-20)21(26)19-3-2-9-24(15-19)11-12-25-10-8-23-22(25)27/h4-8,10,13-14,19H,2-3,9,11-12,15H2,1H3,(H,23,27)/t19-/m0/s1. The summed E-state index contributed by atoms with van der Waals surface area (Å²) in [7, 11) is 1.65. The Kier molecular flexibility index (Phi) is 5.30. The van der Waals surface area contributed by atoms with E-state index in [-0.39, 0.29) is 17.4 Å². The number of nitrogens with zero attached hydrogens (tertiary/aromatic N) is 2. The predicted octanol–water partition coefficient (Wildman–Crippen LogP) is 2.93. The van der Waals surface area contributed by atoms with Crippen LogP contribution in [0.15, 0.2) is 53.6 Å². The summed E-state index contributed by atoms with van der Waals surface area (Å²) in [6.07, 6.45) is 5.34. The van der Waals surface area contributed by atoms with E-state index in [0.717, 1.165) is 54.6 Å². The van der Waals surface area contributed by atoms with Gasteiger partial charge in [0.1, 0.15) is 5.75 Å². The number of H-pyrrole nitrogens is 1. The van der Waals surface area contributed by atoms with Crippen molar-refractivity contribution >= 4 is 16.6 Å². The Hall–Kier alpha value is -2.86. The van der Waals surface area contributed by atoms with Gasteiger partial charge in [0.25, 0.3) is 0 Å². The van der Waals surface area contributed by atoms with Crippen LogP contribution in [0.1, 0.15) is 23.2 Å². The Bertz CT molecular complexity index is 1040. The molecule has 1 aromatic heterocycles. The van der Waals surface area contributed by atoms with Gasteiger partial charge in [-0.25, -0.2) is 4.79 Å². The number of imidazole rings is 1. The minimum absolute atomic E-state index is 0.00685. The van der Waals surface area contributed by atoms with E-state index in [1.54, 1.807) is 24.1 Å². The molecule has 1 atom stereocenters. The molecule has 28 heavy (non-hydrogen) atoms. The Balaban J connectivity index is 1.44. The Morgan fingerprint density at radius 1 is 1.18 bits per heavy atom. The normalized spacial score (nSPS) is 17.7. The third-order valence-corrected chi connectivity index (χ3v) is 5.59. The molecule has 6 nitrogen and oxygen atoms in total. The van der Waals surface area contributed by atoms with Crippen LogP contribution in [0.3, 0.4) is 0 Å². The molecule has 146 valence electrons. The molecule has 4 rings (SSSR count). The lowest BCUT2D eigenvalue weighted by Gasteiger charge is -2.32. The molecule has 0 radical (unpaired) electrons. The fourth-order valence-corrected chi connectivity index (χ4v) is 3.99. The van der Waals surface area contributed by atoms with E-state index in [1.165, 1.54) is 0 Å². The number of Topliss-reactive ketones (excluding diaryl/α,β-unsaturated/α-hetero) is 1. The van der Waals surface area contributed by atoms with Crippen molar-refractivity contribution in [3.05, 3.63) is 64.8 Å². The van der Waals surface area contributed by atoms with E-state index in [4.69, 9.17) is 4.74 Å². The van der Waals surface area contributed by atoms with Crippen LogP contribution in [-0.2, 0) is 6.54 Å². The Labute approximate surface area is 163 Å². The van der Waals surface area contributed by atoms with Crippen molar-refractivity contribution in [2.75, 3.05) is 26.7 Å². The summed E-state index contributed by atoms with van der Waals surface area (Å²) >= 11 is 0. The van der Waals surface area contributed by atoms with E-state index in [2.05, 4.69) is 9.88 Å². The maximum Gasteiger partial charge on any atom is 0.325 e. The smallest absolute Gasteiger partial charge is 0.325 e. The molecular formula is C22H25N3O3. The van der Waals surface area contributed by atoms with Crippen LogP contribution in [-0.4, -0.2) is 47.0 Å². The topological polar surface area (TPSA) is 67.3 Å². The second-order valence-electron chi connectivity index (χ2n) is 7.39. The summed E-state index contributed by atoms with van der Waals surface area (Å²) in [5.41, 5.74) is 0.684. The van der Waals surface area contributed by atoms with Crippen LogP contribution in [0.25, 0.3) is 10.8 Å². The zero-order chi connectivity index (χ0) is 19.5. The van der Waals surface area contributed by atoms with E-state index in [1.807, 2.05) is 36.4 Å². The predicted molar refractivity (Wildman–Crippen MR) is 109 cm³/mol. The van der Waals surface area contributed by atoms with Gasteiger partial charge < -0.3 is 14.6 Å². The summed E-state index contributed by atoms with van der Waals surface area (Å²) in [6, 6.07) is 11.8. The van der Waals surface area contributed by atoms with Crippen molar-refractivity contribution in [2.45, 2.75) is 19.4 Å². The number of aromatic nitrogens is 2. The highest BCUT2D eigenvalue weighted by molar-refractivity contribution is 6.01. The quantitative estimate of drug-likeness (QED) is 0.669. The molecule has 1 aliphatic heterocycles. The van der Waals surface area contributed by atoms with Gasteiger partial charge in [0, 0.05) is 43.5 Å². The van der Waals surface area contributed by atoms with E-state index < -0.39 is 0 Å². The highest BCUT2D eigenvalue weighted by atomic mass is 16.5. The fourth-order valence-electron chi connectivity index (χ4n) is 3.99. The van der Waals surface area contributed by atoms with Crippen LogP contribution < -0.4 is 10.4 Å². The number of likely N-dealkylation sites (tertiary alicyclic amines) is 1. The number of ketones is 1. The number of nitrogens with one attached hydrogen (secondary N) is 1. The summed E-state index contributed by atoms with van der Waals surface area (Å²) in [4.78, 5) is 29.7. The molecule has 0 saturated carbocycles. The third-order valence-electron chi connectivity index (χ3n) is 5.59. The monoisotopic (exact) mass is 379 g/mol. The molecule has 1 N–H and O–H groups in total. The Morgan fingerprint density at radius 3 is 2.79 bits per heavy atom. The number of carbonyl (C=O) groups is 1. The molecule has 2 heterocycles. The molecule has 1 fully saturated rings. The molecule has 0 unspecified atom stereocenters. The first-order valence-electron chi connectivity index (χ1n) is 9.72.